The summed E-state index contributed by atoms with van der Waals surface area (Å²) in [7, 11) is 1.59. The number of amides is 1. The van der Waals surface area contributed by atoms with Crippen molar-refractivity contribution in [2.45, 2.75) is 25.9 Å². The summed E-state index contributed by atoms with van der Waals surface area (Å²) in [5.41, 5.74) is 0.829. The molecule has 1 rings (SSSR count). The van der Waals surface area contributed by atoms with Crippen LogP contribution in [0.3, 0.4) is 0 Å². The van der Waals surface area contributed by atoms with Gasteiger partial charge in [-0.2, -0.15) is 0 Å². The van der Waals surface area contributed by atoms with E-state index in [9.17, 15) is 9.18 Å². The van der Waals surface area contributed by atoms with Crippen molar-refractivity contribution >= 4 is 5.91 Å². The van der Waals surface area contributed by atoms with Crippen LogP contribution < -0.4 is 10.6 Å². The summed E-state index contributed by atoms with van der Waals surface area (Å²) in [6, 6.07) is 5.99. The zero-order valence-corrected chi connectivity index (χ0v) is 9.75. The Morgan fingerprint density at radius 3 is 2.62 bits per heavy atom. The molecule has 0 aliphatic carbocycles. The predicted octanol–water partition coefficient (Wildman–Crippen LogP) is 1.61. The molecular weight excluding hydrogens is 207 g/mol. The van der Waals surface area contributed by atoms with Crippen molar-refractivity contribution in [3.8, 4) is 0 Å². The van der Waals surface area contributed by atoms with Crippen molar-refractivity contribution in [2.75, 3.05) is 7.05 Å². The second-order valence-electron chi connectivity index (χ2n) is 3.78. The monoisotopic (exact) mass is 224 g/mol. The van der Waals surface area contributed by atoms with Gasteiger partial charge in [0.1, 0.15) is 5.82 Å². The Kier molecular flexibility index (Phi) is 4.43. The zero-order valence-electron chi connectivity index (χ0n) is 9.75. The molecule has 2 atom stereocenters. The molecule has 88 valence electrons. The van der Waals surface area contributed by atoms with Crippen LogP contribution in [-0.2, 0) is 4.79 Å². The molecule has 0 saturated heterocycles. The lowest BCUT2D eigenvalue weighted by Crippen LogP contribution is -2.41. The normalized spacial score (nSPS) is 14.2. The fraction of sp³-hybridized carbons (Fsp3) is 0.417. The van der Waals surface area contributed by atoms with Gasteiger partial charge in [0.2, 0.25) is 5.91 Å². The Hall–Kier alpha value is -1.42. The summed E-state index contributed by atoms with van der Waals surface area (Å²) in [6.45, 7) is 3.67. The molecule has 3 nitrogen and oxygen atoms in total. The molecule has 0 fully saturated rings. The van der Waals surface area contributed by atoms with E-state index in [-0.39, 0.29) is 23.8 Å². The first-order chi connectivity index (χ1) is 7.54. The minimum Gasteiger partial charge on any atom is -0.358 e. The van der Waals surface area contributed by atoms with Gasteiger partial charge in [0.15, 0.2) is 0 Å². The Bertz CT molecular complexity index is 368. The molecule has 16 heavy (non-hydrogen) atoms. The van der Waals surface area contributed by atoms with Crippen molar-refractivity contribution in [1.29, 1.82) is 0 Å². The molecular formula is C12H17FN2O. The number of nitrogens with one attached hydrogen (secondary N) is 2. The van der Waals surface area contributed by atoms with Gasteiger partial charge >= 0.3 is 0 Å². The molecule has 0 aliphatic rings. The minimum absolute atomic E-state index is 0.0667. The first kappa shape index (κ1) is 12.6. The number of carbonyl (C=O) groups excluding carboxylic acids is 1. The van der Waals surface area contributed by atoms with Gasteiger partial charge in [-0.25, -0.2) is 4.39 Å². The number of hydrogen-bond donors (Lipinski definition) is 2. The van der Waals surface area contributed by atoms with Crippen molar-refractivity contribution < 1.29 is 9.18 Å². The smallest absolute Gasteiger partial charge is 0.236 e. The van der Waals surface area contributed by atoms with Crippen molar-refractivity contribution in [1.82, 2.24) is 10.6 Å². The average Bonchev–Trinajstić information content (AvgIpc) is 2.27. The summed E-state index contributed by atoms with van der Waals surface area (Å²) >= 11 is 0. The topological polar surface area (TPSA) is 41.1 Å². The lowest BCUT2D eigenvalue weighted by Gasteiger charge is -2.19. The number of halogens is 1. The van der Waals surface area contributed by atoms with E-state index in [1.807, 2.05) is 13.0 Å². The van der Waals surface area contributed by atoms with Crippen LogP contribution in [0.4, 0.5) is 4.39 Å². The fourth-order valence-electron chi connectivity index (χ4n) is 1.54. The van der Waals surface area contributed by atoms with Gasteiger partial charge in [0.05, 0.1) is 6.04 Å². The van der Waals surface area contributed by atoms with Crippen LogP contribution in [-0.4, -0.2) is 19.0 Å². The SMILES string of the molecule is CNC(=O)C(C)N[C@@H](C)c1cccc(F)c1. The van der Waals surface area contributed by atoms with Crippen LogP contribution in [0.25, 0.3) is 0 Å². The maximum absolute atomic E-state index is 13.0. The van der Waals surface area contributed by atoms with Gasteiger partial charge in [-0.1, -0.05) is 12.1 Å². The second kappa shape index (κ2) is 5.61. The Morgan fingerprint density at radius 2 is 2.06 bits per heavy atom. The highest BCUT2D eigenvalue weighted by atomic mass is 19.1. The minimum atomic E-state index is -0.303. The average molecular weight is 224 g/mol. The molecule has 1 amide bonds. The van der Waals surface area contributed by atoms with Gasteiger partial charge in [-0.15, -0.1) is 0 Å². The van der Waals surface area contributed by atoms with Gasteiger partial charge in [-0.05, 0) is 31.5 Å². The first-order valence-corrected chi connectivity index (χ1v) is 5.27. The lowest BCUT2D eigenvalue weighted by atomic mass is 10.1. The van der Waals surface area contributed by atoms with Gasteiger partial charge in [0.25, 0.3) is 0 Å². The molecule has 0 spiro atoms. The third-order valence-corrected chi connectivity index (χ3v) is 2.49. The van der Waals surface area contributed by atoms with E-state index in [0.29, 0.717) is 0 Å². The molecule has 0 heterocycles. The highest BCUT2D eigenvalue weighted by molar-refractivity contribution is 5.80. The maximum atomic E-state index is 13.0. The van der Waals surface area contributed by atoms with Gasteiger partial charge in [0, 0.05) is 13.1 Å². The summed E-state index contributed by atoms with van der Waals surface area (Å²) in [4.78, 5) is 11.3. The number of hydrogen-bond acceptors (Lipinski definition) is 2. The van der Waals surface area contributed by atoms with Crippen LogP contribution in [0.1, 0.15) is 25.5 Å². The predicted molar refractivity (Wildman–Crippen MR) is 61.5 cm³/mol. The molecule has 4 heteroatoms. The van der Waals surface area contributed by atoms with Crippen LogP contribution >= 0.6 is 0 Å². The van der Waals surface area contributed by atoms with Crippen LogP contribution in [0.5, 0.6) is 0 Å². The molecule has 0 aliphatic heterocycles. The third-order valence-electron chi connectivity index (χ3n) is 2.49. The summed E-state index contributed by atoms with van der Waals surface area (Å²) < 4.78 is 13.0. The number of carbonyl (C=O) groups is 1. The van der Waals surface area contributed by atoms with Gasteiger partial charge < -0.3 is 5.32 Å². The highest BCUT2D eigenvalue weighted by Crippen LogP contribution is 2.13. The van der Waals surface area contributed by atoms with Crippen molar-refractivity contribution in [2.24, 2.45) is 0 Å². The van der Waals surface area contributed by atoms with Crippen LogP contribution in [0.2, 0.25) is 0 Å². The fourth-order valence-corrected chi connectivity index (χ4v) is 1.54. The molecule has 0 bridgehead atoms. The second-order valence-corrected chi connectivity index (χ2v) is 3.78. The molecule has 0 aromatic heterocycles. The molecule has 1 unspecified atom stereocenters. The van der Waals surface area contributed by atoms with Crippen molar-refractivity contribution in [3.63, 3.8) is 0 Å². The van der Waals surface area contributed by atoms with E-state index >= 15 is 0 Å². The maximum Gasteiger partial charge on any atom is 0.236 e. The quantitative estimate of drug-likeness (QED) is 0.815. The molecule has 0 radical (unpaired) electrons. The highest BCUT2D eigenvalue weighted by Gasteiger charge is 2.14. The van der Waals surface area contributed by atoms with E-state index in [2.05, 4.69) is 10.6 Å². The van der Waals surface area contributed by atoms with E-state index < -0.39 is 0 Å². The molecule has 0 saturated carbocycles. The summed E-state index contributed by atoms with van der Waals surface area (Å²) in [5.74, 6) is -0.345. The number of rotatable bonds is 4. The van der Waals surface area contributed by atoms with E-state index in [0.717, 1.165) is 5.56 Å². The summed E-state index contributed by atoms with van der Waals surface area (Å²) in [6.07, 6.45) is 0. The standard InChI is InChI=1S/C12H17FN2O/c1-8(15-9(2)12(16)14-3)10-5-4-6-11(13)7-10/h4-9,15H,1-3H3,(H,14,16)/t8-,9?/m0/s1. The molecule has 1 aromatic rings. The lowest BCUT2D eigenvalue weighted by molar-refractivity contribution is -0.122. The van der Waals surface area contributed by atoms with Crippen molar-refractivity contribution in [3.05, 3.63) is 35.6 Å². The van der Waals surface area contributed by atoms with Gasteiger partial charge in [-0.3, -0.25) is 10.1 Å². The largest absolute Gasteiger partial charge is 0.358 e. The van der Waals surface area contributed by atoms with Crippen LogP contribution in [0.15, 0.2) is 24.3 Å². The Morgan fingerprint density at radius 1 is 1.38 bits per heavy atom. The molecule has 2 N–H and O–H groups in total. The zero-order chi connectivity index (χ0) is 12.1. The Labute approximate surface area is 95.0 Å². The van der Waals surface area contributed by atoms with E-state index in [1.165, 1.54) is 12.1 Å². The summed E-state index contributed by atoms with van der Waals surface area (Å²) in [5, 5.41) is 5.65. The first-order valence-electron chi connectivity index (χ1n) is 5.27. The molecule has 1 aromatic carbocycles. The Balaban J connectivity index is 2.65. The number of benzene rings is 1. The van der Waals surface area contributed by atoms with Crippen LogP contribution in [0, 0.1) is 5.82 Å². The number of likely N-dealkylation sites (N-methyl/N-ethyl adjacent to an activating group) is 1. The van der Waals surface area contributed by atoms with E-state index in [4.69, 9.17) is 0 Å². The van der Waals surface area contributed by atoms with E-state index in [1.54, 1.807) is 20.0 Å². The third kappa shape index (κ3) is 3.31.